The van der Waals surface area contributed by atoms with E-state index >= 15 is 0 Å². The predicted octanol–water partition coefficient (Wildman–Crippen LogP) is 1.75. The van der Waals surface area contributed by atoms with Crippen molar-refractivity contribution >= 4 is 11.6 Å². The summed E-state index contributed by atoms with van der Waals surface area (Å²) in [5.74, 6) is 0.0481. The molecule has 2 aliphatic rings. The Morgan fingerprint density at radius 2 is 1.86 bits per heavy atom. The van der Waals surface area contributed by atoms with E-state index in [4.69, 9.17) is 5.73 Å². The summed E-state index contributed by atoms with van der Waals surface area (Å²) >= 11 is 0. The minimum Gasteiger partial charge on any atom is -0.397 e. The maximum absolute atomic E-state index is 12.5. The van der Waals surface area contributed by atoms with Gasteiger partial charge in [0, 0.05) is 25.3 Å². The molecule has 21 heavy (non-hydrogen) atoms. The molecule has 1 aromatic heterocycles. The van der Waals surface area contributed by atoms with Crippen LogP contribution in [0.4, 0.5) is 5.69 Å². The average molecular weight is 288 g/mol. The third-order valence-corrected chi connectivity index (χ3v) is 4.74. The van der Waals surface area contributed by atoms with Gasteiger partial charge < -0.3 is 15.5 Å². The standard InChI is InChI=1S/C16H24N4O/c17-15-12-18-7-4-14(15)16(21)20-10-5-13(6-11-20)19-8-2-1-3-9-19/h4,7,12-13H,1-3,5-6,8-11,17H2. The Kier molecular flexibility index (Phi) is 4.39. The van der Waals surface area contributed by atoms with E-state index in [-0.39, 0.29) is 5.91 Å². The van der Waals surface area contributed by atoms with E-state index in [9.17, 15) is 4.79 Å². The quantitative estimate of drug-likeness (QED) is 0.900. The van der Waals surface area contributed by atoms with Crippen LogP contribution in [-0.4, -0.2) is 52.9 Å². The van der Waals surface area contributed by atoms with Crippen LogP contribution < -0.4 is 5.73 Å². The van der Waals surface area contributed by atoms with Gasteiger partial charge in [0.15, 0.2) is 0 Å². The van der Waals surface area contributed by atoms with Crippen molar-refractivity contribution in [2.24, 2.45) is 0 Å². The van der Waals surface area contributed by atoms with Gasteiger partial charge in [-0.1, -0.05) is 6.42 Å². The second-order valence-electron chi connectivity index (χ2n) is 6.08. The van der Waals surface area contributed by atoms with Crippen molar-refractivity contribution in [3.05, 3.63) is 24.0 Å². The second kappa shape index (κ2) is 6.43. The first-order valence-electron chi connectivity index (χ1n) is 7.98. The zero-order valence-corrected chi connectivity index (χ0v) is 12.5. The summed E-state index contributed by atoms with van der Waals surface area (Å²) < 4.78 is 0. The monoisotopic (exact) mass is 288 g/mol. The Hall–Kier alpha value is -1.62. The van der Waals surface area contributed by atoms with Crippen molar-refractivity contribution in [3.8, 4) is 0 Å². The molecule has 5 heteroatoms. The van der Waals surface area contributed by atoms with E-state index in [1.54, 1.807) is 18.5 Å². The Morgan fingerprint density at radius 1 is 1.14 bits per heavy atom. The number of hydrogen-bond donors (Lipinski definition) is 1. The highest BCUT2D eigenvalue weighted by molar-refractivity contribution is 5.98. The summed E-state index contributed by atoms with van der Waals surface area (Å²) in [6.45, 7) is 4.13. The molecular formula is C16H24N4O. The van der Waals surface area contributed by atoms with Crippen LogP contribution in [0.15, 0.2) is 18.5 Å². The lowest BCUT2D eigenvalue weighted by atomic mass is 9.99. The van der Waals surface area contributed by atoms with Crippen LogP contribution >= 0.6 is 0 Å². The molecule has 0 aromatic carbocycles. The number of piperidine rings is 2. The van der Waals surface area contributed by atoms with Crippen LogP contribution in [0.3, 0.4) is 0 Å². The fourth-order valence-electron chi connectivity index (χ4n) is 3.49. The zero-order valence-electron chi connectivity index (χ0n) is 12.5. The van der Waals surface area contributed by atoms with Crippen LogP contribution in [0.5, 0.6) is 0 Å². The van der Waals surface area contributed by atoms with Crippen molar-refractivity contribution in [1.29, 1.82) is 0 Å². The van der Waals surface area contributed by atoms with Crippen molar-refractivity contribution in [2.75, 3.05) is 31.9 Å². The van der Waals surface area contributed by atoms with Gasteiger partial charge in [0.05, 0.1) is 17.4 Å². The Morgan fingerprint density at radius 3 is 2.52 bits per heavy atom. The summed E-state index contributed by atoms with van der Waals surface area (Å²) in [6, 6.07) is 2.37. The lowest BCUT2D eigenvalue weighted by Gasteiger charge is -2.40. The maximum Gasteiger partial charge on any atom is 0.256 e. The third kappa shape index (κ3) is 3.18. The second-order valence-corrected chi connectivity index (χ2v) is 6.08. The van der Waals surface area contributed by atoms with Gasteiger partial charge in [-0.15, -0.1) is 0 Å². The van der Waals surface area contributed by atoms with Crippen LogP contribution in [0, 0.1) is 0 Å². The number of aromatic nitrogens is 1. The number of rotatable bonds is 2. The molecule has 2 aliphatic heterocycles. The van der Waals surface area contributed by atoms with E-state index in [0.717, 1.165) is 25.9 Å². The Labute approximate surface area is 126 Å². The summed E-state index contributed by atoms with van der Waals surface area (Å²) in [7, 11) is 0. The third-order valence-electron chi connectivity index (χ3n) is 4.74. The van der Waals surface area contributed by atoms with E-state index in [1.165, 1.54) is 32.4 Å². The molecule has 0 radical (unpaired) electrons. The van der Waals surface area contributed by atoms with Crippen molar-refractivity contribution in [1.82, 2.24) is 14.8 Å². The van der Waals surface area contributed by atoms with Gasteiger partial charge in [-0.3, -0.25) is 9.78 Å². The highest BCUT2D eigenvalue weighted by Crippen LogP contribution is 2.22. The van der Waals surface area contributed by atoms with Crippen LogP contribution in [0.1, 0.15) is 42.5 Å². The minimum atomic E-state index is 0.0481. The molecule has 2 fully saturated rings. The first kappa shape index (κ1) is 14.3. The topological polar surface area (TPSA) is 62.5 Å². The highest BCUT2D eigenvalue weighted by Gasteiger charge is 2.28. The van der Waals surface area contributed by atoms with Gasteiger partial charge in [-0.25, -0.2) is 0 Å². The Balaban J connectivity index is 1.58. The number of anilines is 1. The smallest absolute Gasteiger partial charge is 0.256 e. The minimum absolute atomic E-state index is 0.0481. The summed E-state index contributed by atoms with van der Waals surface area (Å²) in [5, 5.41) is 0. The molecule has 5 nitrogen and oxygen atoms in total. The van der Waals surface area contributed by atoms with E-state index in [2.05, 4.69) is 9.88 Å². The number of likely N-dealkylation sites (tertiary alicyclic amines) is 2. The van der Waals surface area contributed by atoms with Gasteiger partial charge in [0.2, 0.25) is 0 Å². The molecule has 0 saturated carbocycles. The predicted molar refractivity (Wildman–Crippen MR) is 83.0 cm³/mol. The number of amides is 1. The van der Waals surface area contributed by atoms with Crippen molar-refractivity contribution in [2.45, 2.75) is 38.1 Å². The number of nitrogen functional groups attached to an aromatic ring is 1. The zero-order chi connectivity index (χ0) is 14.7. The average Bonchev–Trinajstić information content (AvgIpc) is 2.56. The number of carbonyl (C=O) groups is 1. The molecule has 0 aliphatic carbocycles. The summed E-state index contributed by atoms with van der Waals surface area (Å²) in [4.78, 5) is 21.0. The molecule has 0 bridgehead atoms. The number of nitrogens with zero attached hydrogens (tertiary/aromatic N) is 3. The molecular weight excluding hydrogens is 264 g/mol. The molecule has 0 unspecified atom stereocenters. The van der Waals surface area contributed by atoms with E-state index in [1.807, 2.05) is 4.90 Å². The number of carbonyl (C=O) groups excluding carboxylic acids is 1. The molecule has 114 valence electrons. The maximum atomic E-state index is 12.5. The lowest BCUT2D eigenvalue weighted by molar-refractivity contribution is 0.0591. The van der Waals surface area contributed by atoms with Crippen LogP contribution in [0.25, 0.3) is 0 Å². The molecule has 3 rings (SSSR count). The van der Waals surface area contributed by atoms with Gasteiger partial charge in [0.25, 0.3) is 5.91 Å². The van der Waals surface area contributed by atoms with Gasteiger partial charge >= 0.3 is 0 Å². The Bertz CT molecular complexity index is 491. The van der Waals surface area contributed by atoms with Crippen molar-refractivity contribution < 1.29 is 4.79 Å². The SMILES string of the molecule is Nc1cnccc1C(=O)N1CCC(N2CCCCC2)CC1. The molecule has 2 N–H and O–H groups in total. The highest BCUT2D eigenvalue weighted by atomic mass is 16.2. The molecule has 0 atom stereocenters. The summed E-state index contributed by atoms with van der Waals surface area (Å²) in [5.41, 5.74) is 6.91. The van der Waals surface area contributed by atoms with E-state index < -0.39 is 0 Å². The molecule has 1 aromatic rings. The first-order valence-corrected chi connectivity index (χ1v) is 7.98. The number of nitrogens with two attached hydrogens (primary N) is 1. The molecule has 3 heterocycles. The number of hydrogen-bond acceptors (Lipinski definition) is 4. The van der Waals surface area contributed by atoms with Crippen molar-refractivity contribution in [3.63, 3.8) is 0 Å². The van der Waals surface area contributed by atoms with Gasteiger partial charge in [0.1, 0.15) is 0 Å². The molecule has 2 saturated heterocycles. The summed E-state index contributed by atoms with van der Waals surface area (Å²) in [6.07, 6.45) is 9.36. The fraction of sp³-hybridized carbons (Fsp3) is 0.625. The largest absolute Gasteiger partial charge is 0.397 e. The molecule has 1 amide bonds. The van der Waals surface area contributed by atoms with E-state index in [0.29, 0.717) is 17.3 Å². The van der Waals surface area contributed by atoms with Crippen LogP contribution in [-0.2, 0) is 0 Å². The first-order chi connectivity index (χ1) is 10.3. The molecule has 0 spiro atoms. The number of pyridine rings is 1. The lowest BCUT2D eigenvalue weighted by Crippen LogP contribution is -2.48. The fourth-order valence-corrected chi connectivity index (χ4v) is 3.49. The van der Waals surface area contributed by atoms with Gasteiger partial charge in [-0.2, -0.15) is 0 Å². The van der Waals surface area contributed by atoms with Crippen LogP contribution in [0.2, 0.25) is 0 Å². The normalized spacial score (nSPS) is 21.4. The van der Waals surface area contributed by atoms with Gasteiger partial charge in [-0.05, 0) is 44.8 Å².